The van der Waals surface area contributed by atoms with Gasteiger partial charge in [0.15, 0.2) is 16.8 Å². The van der Waals surface area contributed by atoms with Crippen molar-refractivity contribution in [3.05, 3.63) is 41.7 Å². The Kier molecular flexibility index (Phi) is 5.88. The number of nitrogens with zero attached hydrogens (tertiary/aromatic N) is 4. The third-order valence-corrected chi connectivity index (χ3v) is 5.24. The van der Waals surface area contributed by atoms with Gasteiger partial charge in [0.25, 0.3) is 0 Å². The molecule has 0 aliphatic rings. The van der Waals surface area contributed by atoms with Crippen LogP contribution in [0.25, 0.3) is 11.4 Å². The molecule has 7 nitrogen and oxygen atoms in total. The Morgan fingerprint density at radius 3 is 2.50 bits per heavy atom. The Hall–Kier alpha value is -2.61. The van der Waals surface area contributed by atoms with Crippen molar-refractivity contribution in [2.75, 3.05) is 11.1 Å². The molecule has 3 rings (SSSR count). The zero-order chi connectivity index (χ0) is 20.3. The molecular weight excluding hydrogens is 374 g/mol. The molecule has 0 fully saturated rings. The van der Waals surface area contributed by atoms with E-state index in [0.29, 0.717) is 16.7 Å². The molecule has 148 valence electrons. The molecule has 8 heteroatoms. The van der Waals surface area contributed by atoms with Crippen molar-refractivity contribution in [1.29, 1.82) is 0 Å². The summed E-state index contributed by atoms with van der Waals surface area (Å²) in [7, 11) is 0. The smallest absolute Gasteiger partial charge is 0.236 e. The van der Waals surface area contributed by atoms with Crippen LogP contribution in [0.15, 0.2) is 40.0 Å². The van der Waals surface area contributed by atoms with Crippen molar-refractivity contribution in [3.63, 3.8) is 0 Å². The van der Waals surface area contributed by atoms with Gasteiger partial charge in [0.05, 0.1) is 5.75 Å². The molecule has 0 bridgehead atoms. The first-order valence-corrected chi connectivity index (χ1v) is 10.2. The predicted molar refractivity (Wildman–Crippen MR) is 110 cm³/mol. The van der Waals surface area contributed by atoms with Gasteiger partial charge >= 0.3 is 0 Å². The summed E-state index contributed by atoms with van der Waals surface area (Å²) in [5, 5.41) is 15.8. The van der Waals surface area contributed by atoms with Crippen LogP contribution < -0.4 is 5.32 Å². The third kappa shape index (κ3) is 4.62. The molecule has 0 unspecified atom stereocenters. The number of benzene rings is 1. The normalized spacial score (nSPS) is 11.6. The summed E-state index contributed by atoms with van der Waals surface area (Å²) in [6.45, 7) is 11.1. The third-order valence-electron chi connectivity index (χ3n) is 4.27. The molecular formula is C20H25N5O2S. The highest BCUT2D eigenvalue weighted by Crippen LogP contribution is 2.27. The number of nitrogens with one attached hydrogen (secondary N) is 1. The van der Waals surface area contributed by atoms with Gasteiger partial charge in [0.2, 0.25) is 5.91 Å². The Bertz CT molecular complexity index is 954. The lowest BCUT2D eigenvalue weighted by molar-refractivity contribution is -0.113. The predicted octanol–water partition coefficient (Wildman–Crippen LogP) is 4.29. The van der Waals surface area contributed by atoms with E-state index in [1.165, 1.54) is 17.3 Å². The second kappa shape index (κ2) is 8.18. The summed E-state index contributed by atoms with van der Waals surface area (Å²) in [4.78, 5) is 12.1. The highest BCUT2D eigenvalue weighted by molar-refractivity contribution is 7.99. The quantitative estimate of drug-likeness (QED) is 0.622. The van der Waals surface area contributed by atoms with Crippen LogP contribution in [-0.2, 0) is 16.8 Å². The Morgan fingerprint density at radius 2 is 1.93 bits per heavy atom. The highest BCUT2D eigenvalue weighted by atomic mass is 32.2. The summed E-state index contributed by atoms with van der Waals surface area (Å²) in [5.41, 5.74) is 2.39. The second-order valence-corrected chi connectivity index (χ2v) is 8.48. The van der Waals surface area contributed by atoms with E-state index in [2.05, 4.69) is 65.7 Å². The Morgan fingerprint density at radius 1 is 1.21 bits per heavy atom. The zero-order valence-corrected chi connectivity index (χ0v) is 17.6. The highest BCUT2D eigenvalue weighted by Gasteiger charge is 2.17. The molecule has 2 heterocycles. The number of hydrogen-bond donors (Lipinski definition) is 1. The maximum Gasteiger partial charge on any atom is 0.236 e. The summed E-state index contributed by atoms with van der Waals surface area (Å²) >= 11 is 1.35. The Balaban J connectivity index is 1.70. The van der Waals surface area contributed by atoms with Crippen LogP contribution in [0.4, 0.5) is 5.82 Å². The van der Waals surface area contributed by atoms with Crippen LogP contribution in [0.2, 0.25) is 0 Å². The number of carbonyl (C=O) groups is 1. The molecule has 0 spiro atoms. The van der Waals surface area contributed by atoms with Crippen molar-refractivity contribution < 1.29 is 9.32 Å². The van der Waals surface area contributed by atoms with Gasteiger partial charge in [0.1, 0.15) is 5.76 Å². The van der Waals surface area contributed by atoms with Gasteiger partial charge in [0, 0.05) is 18.2 Å². The van der Waals surface area contributed by atoms with E-state index in [4.69, 9.17) is 4.52 Å². The second-order valence-electron chi connectivity index (χ2n) is 7.54. The topological polar surface area (TPSA) is 85.8 Å². The first kappa shape index (κ1) is 20.1. The maximum atomic E-state index is 12.1. The minimum atomic E-state index is -0.167. The van der Waals surface area contributed by atoms with E-state index < -0.39 is 0 Å². The molecule has 1 aromatic carbocycles. The first-order chi connectivity index (χ1) is 13.3. The van der Waals surface area contributed by atoms with E-state index in [1.807, 2.05) is 11.5 Å². The number of rotatable bonds is 6. The number of anilines is 1. The molecule has 0 aliphatic heterocycles. The molecule has 1 N–H and O–H groups in total. The van der Waals surface area contributed by atoms with Crippen LogP contribution in [0, 0.1) is 6.92 Å². The number of thioether (sulfide) groups is 1. The van der Waals surface area contributed by atoms with Gasteiger partial charge in [-0.15, -0.1) is 10.2 Å². The molecule has 0 atom stereocenters. The SMILES string of the molecule is CCn1c(SCC(=O)Nc2cc(C)on2)nnc1-c1ccc(C(C)(C)C)cc1. The molecule has 0 saturated heterocycles. The first-order valence-electron chi connectivity index (χ1n) is 9.18. The van der Waals surface area contributed by atoms with Crippen molar-refractivity contribution >= 4 is 23.5 Å². The minimum Gasteiger partial charge on any atom is -0.360 e. The minimum absolute atomic E-state index is 0.105. The summed E-state index contributed by atoms with van der Waals surface area (Å²) < 4.78 is 6.97. The lowest BCUT2D eigenvalue weighted by atomic mass is 9.87. The zero-order valence-electron chi connectivity index (χ0n) is 16.8. The number of hydrogen-bond acceptors (Lipinski definition) is 6. The molecule has 3 aromatic rings. The summed E-state index contributed by atoms with van der Waals surface area (Å²) in [6, 6.07) is 10.1. The van der Waals surface area contributed by atoms with E-state index in [-0.39, 0.29) is 17.1 Å². The summed E-state index contributed by atoms with van der Waals surface area (Å²) in [5.74, 6) is 1.92. The van der Waals surface area contributed by atoms with Gasteiger partial charge in [-0.25, -0.2) is 0 Å². The largest absolute Gasteiger partial charge is 0.360 e. The number of aryl methyl sites for hydroxylation is 1. The van der Waals surface area contributed by atoms with Crippen LogP contribution in [-0.4, -0.2) is 31.6 Å². The summed E-state index contributed by atoms with van der Waals surface area (Å²) in [6.07, 6.45) is 0. The molecule has 0 radical (unpaired) electrons. The molecule has 28 heavy (non-hydrogen) atoms. The van der Waals surface area contributed by atoms with Crippen molar-refractivity contribution in [1.82, 2.24) is 19.9 Å². The standard InChI is InChI=1S/C20H25N5O2S/c1-6-25-18(14-7-9-15(10-8-14)20(3,4)5)22-23-19(25)28-12-17(26)21-16-11-13(2)27-24-16/h7-11H,6,12H2,1-5H3,(H,21,24,26). The average Bonchev–Trinajstić information content (AvgIpc) is 3.25. The van der Waals surface area contributed by atoms with Crippen LogP contribution in [0.5, 0.6) is 0 Å². The van der Waals surface area contributed by atoms with Gasteiger partial charge in [-0.3, -0.25) is 4.79 Å². The average molecular weight is 400 g/mol. The lowest BCUT2D eigenvalue weighted by Crippen LogP contribution is -2.14. The van der Waals surface area contributed by atoms with Crippen molar-refractivity contribution in [2.45, 2.75) is 51.7 Å². The van der Waals surface area contributed by atoms with Crippen molar-refractivity contribution in [3.8, 4) is 11.4 Å². The van der Waals surface area contributed by atoms with E-state index in [1.54, 1.807) is 13.0 Å². The fourth-order valence-electron chi connectivity index (χ4n) is 2.75. The number of amides is 1. The fraction of sp³-hybridized carbons (Fsp3) is 0.400. The van der Waals surface area contributed by atoms with E-state index >= 15 is 0 Å². The van der Waals surface area contributed by atoms with Crippen LogP contribution >= 0.6 is 11.8 Å². The Labute approximate surface area is 168 Å². The van der Waals surface area contributed by atoms with Gasteiger partial charge in [-0.1, -0.05) is 62.0 Å². The maximum absolute atomic E-state index is 12.1. The lowest BCUT2D eigenvalue weighted by Gasteiger charge is -2.19. The molecule has 0 saturated carbocycles. The van der Waals surface area contributed by atoms with Gasteiger partial charge in [-0.2, -0.15) is 0 Å². The fourth-order valence-corrected chi connectivity index (χ4v) is 3.55. The van der Waals surface area contributed by atoms with Gasteiger partial charge in [-0.05, 0) is 24.8 Å². The molecule has 1 amide bonds. The van der Waals surface area contributed by atoms with Crippen molar-refractivity contribution in [2.24, 2.45) is 0 Å². The molecule has 2 aromatic heterocycles. The van der Waals surface area contributed by atoms with E-state index in [9.17, 15) is 4.79 Å². The monoisotopic (exact) mass is 399 g/mol. The molecule has 0 aliphatic carbocycles. The van der Waals surface area contributed by atoms with E-state index in [0.717, 1.165) is 17.9 Å². The van der Waals surface area contributed by atoms with Crippen LogP contribution in [0.3, 0.4) is 0 Å². The van der Waals surface area contributed by atoms with Gasteiger partial charge < -0.3 is 14.4 Å². The number of carbonyl (C=O) groups excluding carboxylic acids is 1. The van der Waals surface area contributed by atoms with Crippen LogP contribution in [0.1, 0.15) is 39.0 Å². The number of aromatic nitrogens is 4.